The topological polar surface area (TPSA) is 224 Å². The third-order valence-electron chi connectivity index (χ3n) is 16.0. The molecule has 6 aromatic carbocycles. The summed E-state index contributed by atoms with van der Waals surface area (Å²) < 4.78 is 58.1. The van der Waals surface area contributed by atoms with Crippen molar-refractivity contribution in [2.24, 2.45) is 4.36 Å². The van der Waals surface area contributed by atoms with Crippen LogP contribution in [0.2, 0.25) is 0 Å². The number of amides is 3. The number of imide groups is 1. The molecule has 1 N–H and O–H groups in total. The van der Waals surface area contributed by atoms with Gasteiger partial charge in [0.05, 0.1) is 84.5 Å². The van der Waals surface area contributed by atoms with E-state index in [4.69, 9.17) is 38.4 Å². The second-order valence-corrected chi connectivity index (χ2v) is 22.7. The van der Waals surface area contributed by atoms with Gasteiger partial charge < -0.3 is 28.4 Å². The van der Waals surface area contributed by atoms with Gasteiger partial charge in [-0.25, -0.2) is 18.9 Å². The number of rotatable bonds is 22. The molecule has 20 nitrogen and oxygen atoms in total. The Morgan fingerprint density at radius 3 is 1.94 bits per heavy atom. The summed E-state index contributed by atoms with van der Waals surface area (Å²) in [4.78, 5) is 84.1. The molecule has 83 heavy (non-hydrogen) atoms. The van der Waals surface area contributed by atoms with Crippen LogP contribution in [0.1, 0.15) is 60.3 Å². The standard InChI is InChI=1S/C62H60N8O12S/c1-77-51-17-9-37(29-53(51)79-3)20-24-68-56(19-23-63-83(76)55-8-6-5-7-46(55)58(71)66-83)65-50-32-40(11-14-45(50)60(68)73)39-12-16-49-48(31-39)62(75)69(25-21-38-10-18-52(78-2)54(30-38)80-4)57(64-49)22-26-70-59(72)44-15-13-42(34-47(44)61(70)74)81-28-27-67-35-43-33-41(67)36-82-43/h5-18,29-32,34,41,43H,19-28,33,35-36H2,1-4H3,(H,63,66,71,76). The molecule has 12 rings (SSSR count). The monoisotopic (exact) mass is 1140 g/mol. The Hall–Kier alpha value is -8.76. The molecule has 2 bridgehead atoms. The Kier molecular flexibility index (Phi) is 15.1. The molecule has 0 aliphatic carbocycles. The van der Waals surface area contributed by atoms with E-state index in [1.165, 1.54) is 4.90 Å². The van der Waals surface area contributed by atoms with Gasteiger partial charge >= 0.3 is 0 Å². The molecule has 3 atom stereocenters. The van der Waals surface area contributed by atoms with Crippen LogP contribution in [0.5, 0.6) is 28.7 Å². The van der Waals surface area contributed by atoms with Crippen molar-refractivity contribution in [3.63, 3.8) is 0 Å². The molecule has 0 radical (unpaired) electrons. The summed E-state index contributed by atoms with van der Waals surface area (Å²) in [7, 11) is 2.95. The highest BCUT2D eigenvalue weighted by molar-refractivity contribution is 7.92. The first-order valence-electron chi connectivity index (χ1n) is 27.5. The molecule has 8 aromatic rings. The summed E-state index contributed by atoms with van der Waals surface area (Å²) in [5.41, 5.74) is 4.13. The minimum absolute atomic E-state index is 0.0313. The maximum atomic E-state index is 15.0. The van der Waals surface area contributed by atoms with Gasteiger partial charge in [0.2, 0.25) is 0 Å². The number of nitrogens with zero attached hydrogens (tertiary/aromatic N) is 7. The number of aryl methyl sites for hydroxylation is 2. The van der Waals surface area contributed by atoms with Crippen LogP contribution in [0.3, 0.4) is 0 Å². The van der Waals surface area contributed by atoms with Gasteiger partial charge in [0, 0.05) is 58.2 Å². The van der Waals surface area contributed by atoms with E-state index >= 15 is 0 Å². The number of aromatic nitrogens is 4. The van der Waals surface area contributed by atoms with E-state index in [0.717, 1.165) is 37.2 Å². The average Bonchev–Trinajstić information content (AvgIpc) is 4.33. The third-order valence-corrected chi connectivity index (χ3v) is 18.0. The average molecular weight is 1140 g/mol. The Morgan fingerprint density at radius 2 is 1.25 bits per heavy atom. The summed E-state index contributed by atoms with van der Waals surface area (Å²) in [6.07, 6.45) is 2.40. The number of fused-ring (bicyclic) bond motifs is 6. The molecule has 3 amide bonds. The molecular formula is C62H60N8O12S. The van der Waals surface area contributed by atoms with Gasteiger partial charge in [-0.15, -0.1) is 4.36 Å². The van der Waals surface area contributed by atoms with E-state index in [2.05, 4.69) is 14.0 Å². The highest BCUT2D eigenvalue weighted by Gasteiger charge is 2.39. The first-order chi connectivity index (χ1) is 40.3. The smallest absolute Gasteiger partial charge is 0.287 e. The van der Waals surface area contributed by atoms with Crippen LogP contribution >= 0.6 is 0 Å². The lowest BCUT2D eigenvalue weighted by molar-refractivity contribution is 0.0258. The lowest BCUT2D eigenvalue weighted by atomic mass is 10.0. The number of carbonyl (C=O) groups excluding carboxylic acids is 3. The van der Waals surface area contributed by atoms with Crippen molar-refractivity contribution in [1.82, 2.24) is 33.6 Å². The SMILES string of the molecule is COc1ccc(CCn2c(CCNS3(=O)=NC(=O)c4ccccc43)nc3cc(-c4ccc5nc(CCN6C(=O)c7ccc(OCCN8CC9CC8CO9)cc7C6=O)n(CCc6ccc(OC)c(OC)c6)c(=O)c5c4)ccc3c2=O)cc1OC. The molecule has 0 saturated carbocycles. The zero-order valence-electron chi connectivity index (χ0n) is 46.3. The van der Waals surface area contributed by atoms with Crippen LogP contribution in [0.15, 0.2) is 134 Å². The van der Waals surface area contributed by atoms with E-state index in [1.807, 2.05) is 42.5 Å². The third kappa shape index (κ3) is 10.6. The number of benzene rings is 6. The maximum absolute atomic E-state index is 15.0. The summed E-state index contributed by atoms with van der Waals surface area (Å²) in [6, 6.07) is 33.8. The van der Waals surface area contributed by atoms with Crippen LogP contribution in [-0.4, -0.2) is 131 Å². The molecule has 21 heteroatoms. The fraction of sp³-hybridized carbons (Fsp3) is 0.306. The van der Waals surface area contributed by atoms with Gasteiger partial charge in [0.25, 0.3) is 28.8 Å². The number of hydrogen-bond donors (Lipinski definition) is 1. The van der Waals surface area contributed by atoms with Crippen molar-refractivity contribution in [3.05, 3.63) is 175 Å². The zero-order valence-corrected chi connectivity index (χ0v) is 47.1. The van der Waals surface area contributed by atoms with Crippen molar-refractivity contribution in [1.29, 1.82) is 0 Å². The largest absolute Gasteiger partial charge is 0.493 e. The molecule has 426 valence electrons. The summed E-state index contributed by atoms with van der Waals surface area (Å²) >= 11 is 0. The normalized spacial score (nSPS) is 18.0. The number of hydrogen-bond acceptors (Lipinski definition) is 15. The Bertz CT molecular complexity index is 4190. The summed E-state index contributed by atoms with van der Waals surface area (Å²) in [5, 5.41) is 0.690. The van der Waals surface area contributed by atoms with Crippen molar-refractivity contribution >= 4 is 49.4 Å². The maximum Gasteiger partial charge on any atom is 0.287 e. The van der Waals surface area contributed by atoms with Crippen molar-refractivity contribution in [2.75, 3.05) is 67.8 Å². The van der Waals surface area contributed by atoms with Gasteiger partial charge in [-0.1, -0.05) is 36.4 Å². The minimum Gasteiger partial charge on any atom is -0.493 e. The van der Waals surface area contributed by atoms with Crippen LogP contribution in [0.4, 0.5) is 0 Å². The summed E-state index contributed by atoms with van der Waals surface area (Å²) in [6.45, 7) is 3.27. The second kappa shape index (κ2) is 22.9. The van der Waals surface area contributed by atoms with Crippen LogP contribution in [0.25, 0.3) is 32.9 Å². The van der Waals surface area contributed by atoms with Crippen molar-refractivity contribution in [2.45, 2.75) is 62.2 Å². The number of likely N-dealkylation sites (tertiary alicyclic amines) is 1. The molecule has 4 aliphatic heterocycles. The predicted molar refractivity (Wildman–Crippen MR) is 310 cm³/mol. The number of carbonyl (C=O) groups is 3. The van der Waals surface area contributed by atoms with Gasteiger partial charge in [-0.05, 0) is 120 Å². The Labute approximate surface area is 477 Å². The van der Waals surface area contributed by atoms with E-state index in [1.54, 1.807) is 110 Å². The first kappa shape index (κ1) is 54.8. The molecule has 4 aliphatic rings. The van der Waals surface area contributed by atoms with E-state index in [0.29, 0.717) is 104 Å². The van der Waals surface area contributed by atoms with Crippen molar-refractivity contribution in [3.8, 4) is 39.9 Å². The van der Waals surface area contributed by atoms with Gasteiger partial charge in [-0.2, -0.15) is 0 Å². The molecule has 6 heterocycles. The molecule has 3 unspecified atom stereocenters. The second-order valence-electron chi connectivity index (χ2n) is 20.8. The van der Waals surface area contributed by atoms with Crippen LogP contribution in [0, 0.1) is 0 Å². The van der Waals surface area contributed by atoms with E-state index in [-0.39, 0.29) is 72.9 Å². The highest BCUT2D eigenvalue weighted by Crippen LogP contribution is 2.33. The van der Waals surface area contributed by atoms with E-state index < -0.39 is 27.6 Å². The quantitative estimate of drug-likeness (QED) is 0.0696. The first-order valence-corrected chi connectivity index (χ1v) is 29.0. The summed E-state index contributed by atoms with van der Waals surface area (Å²) in [5.74, 6) is 2.08. The lowest BCUT2D eigenvalue weighted by Crippen LogP contribution is -2.39. The number of methoxy groups -OCH3 is 4. The molecule has 2 fully saturated rings. The van der Waals surface area contributed by atoms with Gasteiger partial charge in [0.15, 0.2) is 23.0 Å². The lowest BCUT2D eigenvalue weighted by Gasteiger charge is -2.26. The van der Waals surface area contributed by atoms with Crippen LogP contribution in [-0.2, 0) is 53.4 Å². The Morgan fingerprint density at radius 1 is 0.602 bits per heavy atom. The fourth-order valence-electron chi connectivity index (χ4n) is 11.6. The number of morpholine rings is 1. The molecular weight excluding hydrogens is 1080 g/mol. The minimum atomic E-state index is -3.28. The Balaban J connectivity index is 0.837. The van der Waals surface area contributed by atoms with E-state index in [9.17, 15) is 28.2 Å². The zero-order chi connectivity index (χ0) is 57.5. The molecule has 0 spiro atoms. The molecule has 2 saturated heterocycles. The van der Waals surface area contributed by atoms with Gasteiger partial charge in [0.1, 0.15) is 33.9 Å². The highest BCUT2D eigenvalue weighted by atomic mass is 32.2. The van der Waals surface area contributed by atoms with Gasteiger partial charge in [-0.3, -0.25) is 42.9 Å². The number of nitrogens with one attached hydrogen (secondary N) is 1. The van der Waals surface area contributed by atoms with Crippen molar-refractivity contribution < 1.29 is 47.0 Å². The number of ether oxygens (including phenoxy) is 6. The predicted octanol–water partition coefficient (Wildman–Crippen LogP) is 6.71. The fourth-order valence-corrected chi connectivity index (χ4v) is 13.4. The van der Waals surface area contributed by atoms with Crippen LogP contribution < -0.4 is 39.5 Å². The molecule has 2 aromatic heterocycles.